The van der Waals surface area contributed by atoms with Crippen molar-refractivity contribution in [2.24, 2.45) is 4.99 Å². The maximum Gasteiger partial charge on any atom is 0.191 e. The summed E-state index contributed by atoms with van der Waals surface area (Å²) in [7, 11) is 3.88. The van der Waals surface area contributed by atoms with Gasteiger partial charge in [-0.15, -0.1) is 0 Å². The second-order valence-electron chi connectivity index (χ2n) is 5.76. The number of nitrogens with one attached hydrogen (secondary N) is 2. The van der Waals surface area contributed by atoms with Gasteiger partial charge in [0, 0.05) is 39.9 Å². The summed E-state index contributed by atoms with van der Waals surface area (Å²) in [6.07, 6.45) is 1.06. The van der Waals surface area contributed by atoms with Gasteiger partial charge in [0.1, 0.15) is 0 Å². The van der Waals surface area contributed by atoms with E-state index in [1.54, 1.807) is 7.11 Å². The Labute approximate surface area is 141 Å². The van der Waals surface area contributed by atoms with Crippen LogP contribution in [0.2, 0.25) is 0 Å². The number of rotatable bonds is 10. The summed E-state index contributed by atoms with van der Waals surface area (Å²) in [5, 5.41) is 6.68. The van der Waals surface area contributed by atoms with Gasteiger partial charge in [0.25, 0.3) is 0 Å². The highest BCUT2D eigenvalue weighted by atomic mass is 16.5. The molecule has 1 aromatic rings. The normalized spacial score (nSPS) is 11.8. The third kappa shape index (κ3) is 9.21. The van der Waals surface area contributed by atoms with Crippen LogP contribution in [0.4, 0.5) is 0 Å². The fourth-order valence-electron chi connectivity index (χ4n) is 2.16. The molecule has 0 aliphatic carbocycles. The number of aryl methyl sites for hydroxylation is 1. The second-order valence-corrected chi connectivity index (χ2v) is 5.76. The van der Waals surface area contributed by atoms with E-state index in [1.807, 2.05) is 0 Å². The molecule has 0 fully saturated rings. The van der Waals surface area contributed by atoms with E-state index in [1.165, 1.54) is 11.1 Å². The molecule has 0 atom stereocenters. The van der Waals surface area contributed by atoms with Gasteiger partial charge in [-0.05, 0) is 32.9 Å². The fraction of sp³-hybridized carbons (Fsp3) is 0.611. The van der Waals surface area contributed by atoms with Crippen molar-refractivity contribution in [3.05, 3.63) is 35.4 Å². The smallest absolute Gasteiger partial charge is 0.191 e. The average molecular weight is 320 g/mol. The topological polar surface area (TPSA) is 48.9 Å². The molecular formula is C18H32N4O. The van der Waals surface area contributed by atoms with Crippen LogP contribution in [0, 0.1) is 6.92 Å². The molecule has 2 N–H and O–H groups in total. The number of hydrogen-bond donors (Lipinski definition) is 2. The van der Waals surface area contributed by atoms with Crippen LogP contribution in [0.1, 0.15) is 24.5 Å². The van der Waals surface area contributed by atoms with E-state index in [2.05, 4.69) is 65.7 Å². The molecule has 5 heteroatoms. The minimum Gasteiger partial charge on any atom is -0.385 e. The molecule has 0 amide bonds. The van der Waals surface area contributed by atoms with Crippen molar-refractivity contribution in [2.75, 3.05) is 46.9 Å². The van der Waals surface area contributed by atoms with Gasteiger partial charge in [-0.25, -0.2) is 4.99 Å². The van der Waals surface area contributed by atoms with Gasteiger partial charge in [0.05, 0.1) is 6.54 Å². The Morgan fingerprint density at radius 2 is 1.91 bits per heavy atom. The number of nitrogens with zero attached hydrogens (tertiary/aromatic N) is 2. The molecule has 0 aromatic heterocycles. The van der Waals surface area contributed by atoms with Gasteiger partial charge in [0.15, 0.2) is 5.96 Å². The van der Waals surface area contributed by atoms with Crippen molar-refractivity contribution >= 4 is 5.96 Å². The highest BCUT2D eigenvalue weighted by Crippen LogP contribution is 2.04. The Morgan fingerprint density at radius 1 is 1.17 bits per heavy atom. The first-order chi connectivity index (χ1) is 11.2. The summed E-state index contributed by atoms with van der Waals surface area (Å²) in [5.41, 5.74) is 2.50. The van der Waals surface area contributed by atoms with E-state index in [9.17, 15) is 0 Å². The van der Waals surface area contributed by atoms with Gasteiger partial charge < -0.3 is 20.3 Å². The minimum atomic E-state index is 0.694. The van der Waals surface area contributed by atoms with E-state index >= 15 is 0 Å². The first kappa shape index (κ1) is 19.5. The van der Waals surface area contributed by atoms with Gasteiger partial charge in [-0.1, -0.05) is 29.8 Å². The quantitative estimate of drug-likeness (QED) is 0.393. The third-order valence-electron chi connectivity index (χ3n) is 3.56. The van der Waals surface area contributed by atoms with Crippen LogP contribution in [0.15, 0.2) is 29.3 Å². The lowest BCUT2D eigenvalue weighted by molar-refractivity contribution is 0.180. The highest BCUT2D eigenvalue weighted by Gasteiger charge is 2.00. The number of aliphatic imine (C=N–C) groups is 1. The van der Waals surface area contributed by atoms with Crippen LogP contribution < -0.4 is 10.6 Å². The number of likely N-dealkylation sites (N-methyl/N-ethyl adjacent to an activating group) is 1. The predicted octanol–water partition coefficient (Wildman–Crippen LogP) is 2.02. The monoisotopic (exact) mass is 320 g/mol. The van der Waals surface area contributed by atoms with Crippen LogP contribution in [0.3, 0.4) is 0 Å². The highest BCUT2D eigenvalue weighted by molar-refractivity contribution is 5.79. The molecule has 0 radical (unpaired) electrons. The van der Waals surface area contributed by atoms with Crippen molar-refractivity contribution in [1.29, 1.82) is 0 Å². The number of guanidine groups is 1. The second kappa shape index (κ2) is 11.9. The standard InChI is InChI=1S/C18H32N4O/c1-5-19-18(20-11-13-22(3)12-6-14-23-4)21-15-17-9-7-16(2)8-10-17/h7-10H,5-6,11-15H2,1-4H3,(H2,19,20,21). The number of benzene rings is 1. The van der Waals surface area contributed by atoms with Gasteiger partial charge in [0.2, 0.25) is 0 Å². The Balaban J connectivity index is 2.35. The molecule has 130 valence electrons. The number of hydrogen-bond acceptors (Lipinski definition) is 3. The largest absolute Gasteiger partial charge is 0.385 e. The number of methoxy groups -OCH3 is 1. The summed E-state index contributed by atoms with van der Waals surface area (Å²) >= 11 is 0. The van der Waals surface area contributed by atoms with Crippen LogP contribution in [-0.2, 0) is 11.3 Å². The first-order valence-corrected chi connectivity index (χ1v) is 8.41. The lowest BCUT2D eigenvalue weighted by atomic mass is 10.1. The maximum atomic E-state index is 5.08. The molecule has 0 saturated carbocycles. The van der Waals surface area contributed by atoms with Crippen molar-refractivity contribution in [3.8, 4) is 0 Å². The summed E-state index contributed by atoms with van der Waals surface area (Å²) in [4.78, 5) is 6.94. The molecule has 0 aliphatic rings. The molecule has 0 unspecified atom stereocenters. The van der Waals surface area contributed by atoms with Crippen LogP contribution in [-0.4, -0.2) is 57.8 Å². The summed E-state index contributed by atoms with van der Waals surface area (Å²) in [5.74, 6) is 0.873. The van der Waals surface area contributed by atoms with E-state index in [0.29, 0.717) is 6.54 Å². The first-order valence-electron chi connectivity index (χ1n) is 8.41. The molecule has 5 nitrogen and oxygen atoms in total. The fourth-order valence-corrected chi connectivity index (χ4v) is 2.16. The lowest BCUT2D eigenvalue weighted by Gasteiger charge is -2.18. The summed E-state index contributed by atoms with van der Waals surface area (Å²) in [6.45, 7) is 9.47. The van der Waals surface area contributed by atoms with E-state index < -0.39 is 0 Å². The van der Waals surface area contributed by atoms with E-state index in [4.69, 9.17) is 4.74 Å². The molecular weight excluding hydrogens is 288 g/mol. The zero-order chi connectivity index (χ0) is 16.9. The van der Waals surface area contributed by atoms with Crippen LogP contribution >= 0.6 is 0 Å². The average Bonchev–Trinajstić information content (AvgIpc) is 2.54. The van der Waals surface area contributed by atoms with Crippen LogP contribution in [0.5, 0.6) is 0 Å². The summed E-state index contributed by atoms with van der Waals surface area (Å²) < 4.78 is 5.08. The zero-order valence-corrected chi connectivity index (χ0v) is 15.1. The maximum absolute atomic E-state index is 5.08. The minimum absolute atomic E-state index is 0.694. The Bertz CT molecular complexity index is 445. The lowest BCUT2D eigenvalue weighted by Crippen LogP contribution is -2.41. The van der Waals surface area contributed by atoms with Gasteiger partial charge in [-0.3, -0.25) is 0 Å². The van der Waals surface area contributed by atoms with Gasteiger partial charge in [-0.2, -0.15) is 0 Å². The molecule has 0 spiro atoms. The van der Waals surface area contributed by atoms with E-state index in [-0.39, 0.29) is 0 Å². The predicted molar refractivity (Wildman–Crippen MR) is 98.0 cm³/mol. The van der Waals surface area contributed by atoms with Crippen molar-refractivity contribution in [3.63, 3.8) is 0 Å². The Hall–Kier alpha value is -1.59. The molecule has 0 bridgehead atoms. The molecule has 23 heavy (non-hydrogen) atoms. The third-order valence-corrected chi connectivity index (χ3v) is 3.56. The Kier molecular flexibility index (Phi) is 10.1. The molecule has 1 rings (SSSR count). The number of ether oxygens (including phenoxy) is 1. The molecule has 0 heterocycles. The van der Waals surface area contributed by atoms with E-state index in [0.717, 1.165) is 45.2 Å². The molecule has 0 aliphatic heterocycles. The molecule has 1 aromatic carbocycles. The SMILES string of the molecule is CCNC(=NCc1ccc(C)cc1)NCCN(C)CCCOC. The van der Waals surface area contributed by atoms with Crippen molar-refractivity contribution in [1.82, 2.24) is 15.5 Å². The van der Waals surface area contributed by atoms with Gasteiger partial charge >= 0.3 is 0 Å². The van der Waals surface area contributed by atoms with Crippen molar-refractivity contribution in [2.45, 2.75) is 26.8 Å². The molecule has 0 saturated heterocycles. The Morgan fingerprint density at radius 3 is 2.57 bits per heavy atom. The van der Waals surface area contributed by atoms with Crippen molar-refractivity contribution < 1.29 is 4.74 Å². The summed E-state index contributed by atoms with van der Waals surface area (Å²) in [6, 6.07) is 8.51. The van der Waals surface area contributed by atoms with Crippen LogP contribution in [0.25, 0.3) is 0 Å². The zero-order valence-electron chi connectivity index (χ0n) is 15.1.